The van der Waals surface area contributed by atoms with Crippen LogP contribution in [0.2, 0.25) is 0 Å². The van der Waals surface area contributed by atoms with Crippen LogP contribution in [0.25, 0.3) is 0 Å². The molecule has 0 saturated heterocycles. The third-order valence-electron chi connectivity index (χ3n) is 1.95. The molecule has 1 unspecified atom stereocenters. The summed E-state index contributed by atoms with van der Waals surface area (Å²) in [5.41, 5.74) is 6.35. The zero-order chi connectivity index (χ0) is 10.0. The second kappa shape index (κ2) is 3.45. The van der Waals surface area contributed by atoms with Crippen molar-refractivity contribution in [3.8, 4) is 5.75 Å². The monoisotopic (exact) mass is 181 g/mol. The smallest absolute Gasteiger partial charge is 0.325 e. The van der Waals surface area contributed by atoms with Crippen LogP contribution in [0.4, 0.5) is 0 Å². The minimum Gasteiger partial charge on any atom is -0.508 e. The van der Waals surface area contributed by atoms with Gasteiger partial charge >= 0.3 is 5.97 Å². The molecule has 1 atom stereocenters. The standard InChI is InChI=1S/C9H11NO3/c1-5-6(8(10)9(12)13)3-2-4-7(5)11/h2-4,8,11H,10H2,1H3,(H,12,13). The van der Waals surface area contributed by atoms with E-state index in [0.717, 1.165) is 0 Å². The normalized spacial score (nSPS) is 12.5. The van der Waals surface area contributed by atoms with Crippen molar-refractivity contribution < 1.29 is 15.0 Å². The average molecular weight is 181 g/mol. The number of hydrogen-bond acceptors (Lipinski definition) is 3. The van der Waals surface area contributed by atoms with Crippen molar-refractivity contribution >= 4 is 5.97 Å². The maximum atomic E-state index is 10.6. The minimum absolute atomic E-state index is 0.0641. The summed E-state index contributed by atoms with van der Waals surface area (Å²) in [6.45, 7) is 1.63. The van der Waals surface area contributed by atoms with Crippen LogP contribution in [0.15, 0.2) is 18.2 Å². The number of carboxylic acid groups (broad SMARTS) is 1. The van der Waals surface area contributed by atoms with E-state index in [1.165, 1.54) is 6.07 Å². The van der Waals surface area contributed by atoms with Crippen molar-refractivity contribution in [1.82, 2.24) is 0 Å². The Balaban J connectivity index is 3.15. The number of benzene rings is 1. The number of aliphatic carboxylic acids is 1. The molecule has 0 radical (unpaired) electrons. The van der Waals surface area contributed by atoms with Crippen molar-refractivity contribution in [3.63, 3.8) is 0 Å². The lowest BCUT2D eigenvalue weighted by Gasteiger charge is -2.10. The molecule has 4 nitrogen and oxygen atoms in total. The Morgan fingerprint density at radius 3 is 2.69 bits per heavy atom. The molecule has 0 heterocycles. The highest BCUT2D eigenvalue weighted by Crippen LogP contribution is 2.23. The maximum absolute atomic E-state index is 10.6. The number of phenolic OH excluding ortho intramolecular Hbond substituents is 1. The summed E-state index contributed by atoms with van der Waals surface area (Å²) in [5.74, 6) is -1.04. The quantitative estimate of drug-likeness (QED) is 0.629. The van der Waals surface area contributed by atoms with E-state index in [1.807, 2.05) is 0 Å². The molecule has 0 spiro atoms. The Bertz CT molecular complexity index is 336. The number of aromatic hydroxyl groups is 1. The fourth-order valence-electron chi connectivity index (χ4n) is 1.11. The van der Waals surface area contributed by atoms with E-state index >= 15 is 0 Å². The van der Waals surface area contributed by atoms with Gasteiger partial charge in [0.15, 0.2) is 0 Å². The van der Waals surface area contributed by atoms with Gasteiger partial charge in [0.25, 0.3) is 0 Å². The van der Waals surface area contributed by atoms with Crippen LogP contribution in [0.1, 0.15) is 17.2 Å². The van der Waals surface area contributed by atoms with Gasteiger partial charge in [-0.1, -0.05) is 12.1 Å². The molecule has 13 heavy (non-hydrogen) atoms. The fourth-order valence-corrected chi connectivity index (χ4v) is 1.11. The second-order valence-electron chi connectivity index (χ2n) is 2.81. The summed E-state index contributed by atoms with van der Waals surface area (Å²) in [7, 11) is 0. The predicted molar refractivity (Wildman–Crippen MR) is 47.4 cm³/mol. The van der Waals surface area contributed by atoms with Crippen molar-refractivity contribution in [2.24, 2.45) is 5.73 Å². The van der Waals surface area contributed by atoms with Gasteiger partial charge in [-0.05, 0) is 24.1 Å². The SMILES string of the molecule is Cc1c(O)cccc1C(N)C(=O)O. The van der Waals surface area contributed by atoms with E-state index in [-0.39, 0.29) is 5.75 Å². The third-order valence-corrected chi connectivity index (χ3v) is 1.95. The molecule has 0 aromatic heterocycles. The molecule has 0 aliphatic heterocycles. The Labute approximate surface area is 75.6 Å². The van der Waals surface area contributed by atoms with Crippen LogP contribution >= 0.6 is 0 Å². The summed E-state index contributed by atoms with van der Waals surface area (Å²) in [6, 6.07) is 3.58. The lowest BCUT2D eigenvalue weighted by atomic mass is 10.0. The van der Waals surface area contributed by atoms with E-state index in [1.54, 1.807) is 19.1 Å². The summed E-state index contributed by atoms with van der Waals surface area (Å²) in [6.07, 6.45) is 0. The van der Waals surface area contributed by atoms with Gasteiger partial charge in [0, 0.05) is 0 Å². The first-order valence-corrected chi connectivity index (χ1v) is 3.81. The predicted octanol–water partition coefficient (Wildman–Crippen LogP) is 0.785. The first-order chi connectivity index (χ1) is 6.04. The molecular formula is C9H11NO3. The first-order valence-electron chi connectivity index (χ1n) is 3.81. The van der Waals surface area contributed by atoms with Gasteiger partial charge < -0.3 is 15.9 Å². The van der Waals surface area contributed by atoms with Crippen molar-refractivity contribution in [2.75, 3.05) is 0 Å². The van der Waals surface area contributed by atoms with Crippen molar-refractivity contribution in [2.45, 2.75) is 13.0 Å². The van der Waals surface area contributed by atoms with Crippen LogP contribution in [0.5, 0.6) is 5.75 Å². The van der Waals surface area contributed by atoms with Crippen LogP contribution in [-0.4, -0.2) is 16.2 Å². The third kappa shape index (κ3) is 1.78. The van der Waals surface area contributed by atoms with Gasteiger partial charge in [-0.15, -0.1) is 0 Å². The van der Waals surface area contributed by atoms with Crippen LogP contribution < -0.4 is 5.73 Å². The van der Waals surface area contributed by atoms with E-state index in [0.29, 0.717) is 11.1 Å². The molecular weight excluding hydrogens is 170 g/mol. The number of carboxylic acids is 1. The van der Waals surface area contributed by atoms with E-state index in [9.17, 15) is 9.90 Å². The highest BCUT2D eigenvalue weighted by molar-refractivity contribution is 5.76. The Morgan fingerprint density at radius 1 is 1.54 bits per heavy atom. The largest absolute Gasteiger partial charge is 0.508 e. The molecule has 0 amide bonds. The molecule has 0 fully saturated rings. The summed E-state index contributed by atoms with van der Waals surface area (Å²) < 4.78 is 0. The highest BCUT2D eigenvalue weighted by atomic mass is 16.4. The fraction of sp³-hybridized carbons (Fsp3) is 0.222. The van der Waals surface area contributed by atoms with E-state index in [2.05, 4.69) is 0 Å². The van der Waals surface area contributed by atoms with Gasteiger partial charge in [-0.3, -0.25) is 4.79 Å². The summed E-state index contributed by atoms with van der Waals surface area (Å²) >= 11 is 0. The maximum Gasteiger partial charge on any atom is 0.325 e. The lowest BCUT2D eigenvalue weighted by Crippen LogP contribution is -2.21. The molecule has 1 rings (SSSR count). The zero-order valence-electron chi connectivity index (χ0n) is 7.19. The number of carbonyl (C=O) groups is 1. The second-order valence-corrected chi connectivity index (χ2v) is 2.81. The lowest BCUT2D eigenvalue weighted by molar-refractivity contribution is -0.138. The van der Waals surface area contributed by atoms with E-state index < -0.39 is 12.0 Å². The average Bonchev–Trinajstić information content (AvgIpc) is 2.08. The van der Waals surface area contributed by atoms with Gasteiger partial charge in [-0.25, -0.2) is 0 Å². The molecule has 0 aliphatic rings. The molecule has 70 valence electrons. The molecule has 0 aliphatic carbocycles. The molecule has 0 bridgehead atoms. The molecule has 4 heteroatoms. The topological polar surface area (TPSA) is 83.5 Å². The van der Waals surface area contributed by atoms with Gasteiger partial charge in [0.2, 0.25) is 0 Å². The van der Waals surface area contributed by atoms with Crippen LogP contribution in [-0.2, 0) is 4.79 Å². The van der Waals surface area contributed by atoms with E-state index in [4.69, 9.17) is 10.8 Å². The number of hydrogen-bond donors (Lipinski definition) is 3. The number of rotatable bonds is 2. The zero-order valence-corrected chi connectivity index (χ0v) is 7.19. The Kier molecular flexibility index (Phi) is 2.53. The van der Waals surface area contributed by atoms with Crippen molar-refractivity contribution in [3.05, 3.63) is 29.3 Å². The number of nitrogens with two attached hydrogens (primary N) is 1. The van der Waals surface area contributed by atoms with Gasteiger partial charge in [0.05, 0.1) is 0 Å². The summed E-state index contributed by atoms with van der Waals surface area (Å²) in [4.78, 5) is 10.6. The minimum atomic E-state index is -1.10. The van der Waals surface area contributed by atoms with Crippen LogP contribution in [0.3, 0.4) is 0 Å². The van der Waals surface area contributed by atoms with Gasteiger partial charge in [0.1, 0.15) is 11.8 Å². The first kappa shape index (κ1) is 9.54. The highest BCUT2D eigenvalue weighted by Gasteiger charge is 2.17. The molecule has 1 aromatic carbocycles. The molecule has 0 saturated carbocycles. The van der Waals surface area contributed by atoms with Gasteiger partial charge in [-0.2, -0.15) is 0 Å². The molecule has 4 N–H and O–H groups in total. The van der Waals surface area contributed by atoms with Crippen LogP contribution in [0, 0.1) is 6.92 Å². The number of phenols is 1. The van der Waals surface area contributed by atoms with Crippen molar-refractivity contribution in [1.29, 1.82) is 0 Å². The molecule has 1 aromatic rings. The Morgan fingerprint density at radius 2 is 2.15 bits per heavy atom. The summed E-state index contributed by atoms with van der Waals surface area (Å²) in [5, 5.41) is 17.9. The Hall–Kier alpha value is -1.55.